The van der Waals surface area contributed by atoms with Gasteiger partial charge in [-0.05, 0) is 57.0 Å². The lowest BCUT2D eigenvalue weighted by atomic mass is 10.1. The fraction of sp³-hybridized carbons (Fsp3) is 0.364. The van der Waals surface area contributed by atoms with Gasteiger partial charge < -0.3 is 20.1 Å². The third kappa shape index (κ3) is 6.68. The van der Waals surface area contributed by atoms with Gasteiger partial charge in [-0.2, -0.15) is 0 Å². The number of carbonyl (C=O) groups excluding carboxylic acids is 2. The number of hydrogen-bond donors (Lipinski definition) is 2. The molecule has 6 nitrogen and oxygen atoms in total. The third-order valence-corrected chi connectivity index (χ3v) is 4.51. The number of nitrogens with one attached hydrogen (secondary N) is 2. The van der Waals surface area contributed by atoms with E-state index in [1.165, 1.54) is 0 Å². The first-order valence-corrected chi connectivity index (χ1v) is 10.1. The summed E-state index contributed by atoms with van der Waals surface area (Å²) < 4.78 is 11.2. The third-order valence-electron chi connectivity index (χ3n) is 4.18. The van der Waals surface area contributed by atoms with Crippen molar-refractivity contribution in [1.82, 2.24) is 10.6 Å². The molecule has 0 aliphatic heterocycles. The number of ether oxygens (including phenoxy) is 2. The quantitative estimate of drug-likeness (QED) is 0.617. The van der Waals surface area contributed by atoms with Crippen LogP contribution >= 0.6 is 11.6 Å². The summed E-state index contributed by atoms with van der Waals surface area (Å²) >= 11 is 6.02. The maximum Gasteiger partial charge on any atom is 0.253 e. The van der Waals surface area contributed by atoms with Crippen LogP contribution in [0.1, 0.15) is 36.7 Å². The lowest BCUT2D eigenvalue weighted by Crippen LogP contribution is -2.45. The summed E-state index contributed by atoms with van der Waals surface area (Å²) in [5, 5.41) is 5.84. The Labute approximate surface area is 176 Å². The van der Waals surface area contributed by atoms with Crippen LogP contribution in [0.15, 0.2) is 42.5 Å². The van der Waals surface area contributed by atoms with E-state index in [2.05, 4.69) is 10.6 Å². The predicted octanol–water partition coefficient (Wildman–Crippen LogP) is 3.61. The highest BCUT2D eigenvalue weighted by Crippen LogP contribution is 2.28. The largest absolute Gasteiger partial charge is 0.490 e. The van der Waals surface area contributed by atoms with E-state index in [4.69, 9.17) is 21.1 Å². The number of halogens is 1. The monoisotopic (exact) mass is 418 g/mol. The normalized spacial score (nSPS) is 11.4. The molecular weight excluding hydrogens is 392 g/mol. The molecule has 0 saturated carbocycles. The van der Waals surface area contributed by atoms with Crippen LogP contribution in [0.5, 0.6) is 11.5 Å². The maximum atomic E-state index is 12.3. The number of rotatable bonds is 10. The first-order valence-electron chi connectivity index (χ1n) is 9.67. The second-order valence-electron chi connectivity index (χ2n) is 6.36. The summed E-state index contributed by atoms with van der Waals surface area (Å²) in [5.74, 6) is 0.754. The van der Waals surface area contributed by atoms with Crippen molar-refractivity contribution >= 4 is 23.4 Å². The van der Waals surface area contributed by atoms with E-state index in [1.807, 2.05) is 32.0 Å². The summed E-state index contributed by atoms with van der Waals surface area (Å²) in [6.45, 7) is 7.01. The molecule has 7 heteroatoms. The number of carbonyl (C=O) groups is 2. The molecule has 2 rings (SSSR count). The first kappa shape index (κ1) is 22.6. The van der Waals surface area contributed by atoms with Crippen molar-refractivity contribution in [2.24, 2.45) is 0 Å². The Morgan fingerprint density at radius 2 is 1.72 bits per heavy atom. The summed E-state index contributed by atoms with van der Waals surface area (Å²) in [7, 11) is 0. The molecule has 2 N–H and O–H groups in total. The maximum absolute atomic E-state index is 12.3. The van der Waals surface area contributed by atoms with Crippen LogP contribution in [0.3, 0.4) is 0 Å². The van der Waals surface area contributed by atoms with Crippen LogP contribution in [0, 0.1) is 0 Å². The SMILES string of the molecule is CCOc1ccc(CCNC(=O)[C@H](C)NC(=O)c2ccccc2Cl)cc1OCC. The van der Waals surface area contributed by atoms with Gasteiger partial charge in [-0.15, -0.1) is 0 Å². The van der Waals surface area contributed by atoms with E-state index in [1.54, 1.807) is 31.2 Å². The highest BCUT2D eigenvalue weighted by molar-refractivity contribution is 6.33. The Morgan fingerprint density at radius 1 is 1.03 bits per heavy atom. The van der Waals surface area contributed by atoms with Gasteiger partial charge in [-0.1, -0.05) is 29.8 Å². The standard InChI is InChI=1S/C22H27ClN2O4/c1-4-28-19-11-10-16(14-20(19)29-5-2)12-13-24-21(26)15(3)25-22(27)17-8-6-7-9-18(17)23/h6-11,14-15H,4-5,12-13H2,1-3H3,(H,24,26)(H,25,27)/t15-/m0/s1. The van der Waals surface area contributed by atoms with Crippen molar-refractivity contribution in [1.29, 1.82) is 0 Å². The highest BCUT2D eigenvalue weighted by Gasteiger charge is 2.17. The molecule has 0 aliphatic carbocycles. The minimum Gasteiger partial charge on any atom is -0.490 e. The molecule has 0 spiro atoms. The molecule has 156 valence electrons. The lowest BCUT2D eigenvalue weighted by Gasteiger charge is -2.15. The van der Waals surface area contributed by atoms with Gasteiger partial charge in [0.15, 0.2) is 11.5 Å². The fourth-order valence-electron chi connectivity index (χ4n) is 2.72. The zero-order chi connectivity index (χ0) is 21.2. The van der Waals surface area contributed by atoms with Crippen LogP contribution < -0.4 is 20.1 Å². The lowest BCUT2D eigenvalue weighted by molar-refractivity contribution is -0.122. The number of amides is 2. The first-order chi connectivity index (χ1) is 14.0. The van der Waals surface area contributed by atoms with Crippen molar-refractivity contribution in [3.05, 3.63) is 58.6 Å². The molecule has 0 radical (unpaired) electrons. The van der Waals surface area contributed by atoms with Gasteiger partial charge in [-0.3, -0.25) is 9.59 Å². The van der Waals surface area contributed by atoms with Gasteiger partial charge in [-0.25, -0.2) is 0 Å². The number of hydrogen-bond acceptors (Lipinski definition) is 4. The van der Waals surface area contributed by atoms with Crippen molar-refractivity contribution in [3.63, 3.8) is 0 Å². The molecule has 2 amide bonds. The smallest absolute Gasteiger partial charge is 0.253 e. The van der Waals surface area contributed by atoms with Crippen LogP contribution in [-0.2, 0) is 11.2 Å². The van der Waals surface area contributed by atoms with Crippen molar-refractivity contribution < 1.29 is 19.1 Å². The average Bonchev–Trinajstić information content (AvgIpc) is 2.70. The van der Waals surface area contributed by atoms with Crippen LogP contribution in [0.4, 0.5) is 0 Å². The molecule has 2 aromatic carbocycles. The zero-order valence-electron chi connectivity index (χ0n) is 17.0. The Hall–Kier alpha value is -2.73. The molecule has 1 atom stereocenters. The molecule has 0 unspecified atom stereocenters. The molecule has 29 heavy (non-hydrogen) atoms. The molecule has 0 fully saturated rings. The summed E-state index contributed by atoms with van der Waals surface area (Å²) in [5.41, 5.74) is 1.36. The number of benzene rings is 2. The van der Waals surface area contributed by atoms with Crippen molar-refractivity contribution in [2.45, 2.75) is 33.2 Å². The van der Waals surface area contributed by atoms with E-state index >= 15 is 0 Å². The Balaban J connectivity index is 1.86. The van der Waals surface area contributed by atoms with Crippen molar-refractivity contribution in [3.8, 4) is 11.5 Å². The molecule has 0 bridgehead atoms. The summed E-state index contributed by atoms with van der Waals surface area (Å²) in [6, 6.07) is 11.8. The average molecular weight is 419 g/mol. The molecule has 0 heterocycles. The molecule has 0 saturated heterocycles. The fourth-order valence-corrected chi connectivity index (χ4v) is 2.94. The highest BCUT2D eigenvalue weighted by atomic mass is 35.5. The second kappa shape index (κ2) is 11.3. The predicted molar refractivity (Wildman–Crippen MR) is 114 cm³/mol. The second-order valence-corrected chi connectivity index (χ2v) is 6.77. The summed E-state index contributed by atoms with van der Waals surface area (Å²) in [6.07, 6.45) is 0.628. The van der Waals surface area contributed by atoms with Gasteiger partial charge >= 0.3 is 0 Å². The molecule has 2 aromatic rings. The molecular formula is C22H27ClN2O4. The van der Waals surface area contributed by atoms with Crippen LogP contribution in [-0.4, -0.2) is 37.6 Å². The zero-order valence-corrected chi connectivity index (χ0v) is 17.7. The van der Waals surface area contributed by atoms with Gasteiger partial charge in [0.05, 0.1) is 23.8 Å². The Morgan fingerprint density at radius 3 is 2.41 bits per heavy atom. The van der Waals surface area contributed by atoms with Gasteiger partial charge in [0.25, 0.3) is 5.91 Å². The van der Waals surface area contributed by atoms with Gasteiger partial charge in [0.1, 0.15) is 6.04 Å². The topological polar surface area (TPSA) is 76.7 Å². The van der Waals surface area contributed by atoms with E-state index in [0.29, 0.717) is 48.3 Å². The van der Waals surface area contributed by atoms with Gasteiger partial charge in [0.2, 0.25) is 5.91 Å². The van der Waals surface area contributed by atoms with Gasteiger partial charge in [0, 0.05) is 6.54 Å². The Kier molecular flexibility index (Phi) is 8.80. The van der Waals surface area contributed by atoms with Crippen LogP contribution in [0.25, 0.3) is 0 Å². The minimum atomic E-state index is -0.682. The summed E-state index contributed by atoms with van der Waals surface area (Å²) in [4.78, 5) is 24.5. The minimum absolute atomic E-state index is 0.263. The van der Waals surface area contributed by atoms with E-state index in [0.717, 1.165) is 5.56 Å². The Bertz CT molecular complexity index is 841. The van der Waals surface area contributed by atoms with Crippen molar-refractivity contribution in [2.75, 3.05) is 19.8 Å². The van der Waals surface area contributed by atoms with Crippen LogP contribution in [0.2, 0.25) is 5.02 Å². The van der Waals surface area contributed by atoms with E-state index < -0.39 is 6.04 Å². The molecule has 0 aromatic heterocycles. The molecule has 0 aliphatic rings. The van der Waals surface area contributed by atoms with E-state index in [9.17, 15) is 9.59 Å². The van der Waals surface area contributed by atoms with E-state index in [-0.39, 0.29) is 11.8 Å².